The van der Waals surface area contributed by atoms with Gasteiger partial charge in [-0.15, -0.1) is 0 Å². The van der Waals surface area contributed by atoms with E-state index in [0.717, 1.165) is 72.2 Å². The Bertz CT molecular complexity index is 2640. The normalized spacial score (nSPS) is 10.9. The van der Waals surface area contributed by atoms with E-state index in [2.05, 4.69) is 62.4 Å². The number of ether oxygens (including phenoxy) is 4. The maximum atomic E-state index is 15.1. The average Bonchev–Trinajstić information content (AvgIpc) is 3.36. The van der Waals surface area contributed by atoms with E-state index in [1.165, 1.54) is 86.1 Å². The molecular weight excluding hydrogens is 863 g/mol. The van der Waals surface area contributed by atoms with Crippen molar-refractivity contribution in [2.75, 3.05) is 0 Å². The van der Waals surface area contributed by atoms with E-state index in [9.17, 15) is 19.2 Å². The van der Waals surface area contributed by atoms with Crippen molar-refractivity contribution >= 4 is 23.9 Å². The van der Waals surface area contributed by atoms with Crippen LogP contribution in [0.2, 0.25) is 0 Å². The quantitative estimate of drug-likeness (QED) is 0.0423. The second-order valence-corrected chi connectivity index (χ2v) is 16.5. The molecule has 7 rings (SSSR count). The minimum atomic E-state index is -0.964. The van der Waals surface area contributed by atoms with Crippen molar-refractivity contribution in [3.8, 4) is 45.3 Å². The Morgan fingerprint density at radius 2 is 0.706 bits per heavy atom. The van der Waals surface area contributed by atoms with Crippen molar-refractivity contribution in [1.29, 1.82) is 0 Å². The van der Waals surface area contributed by atoms with Gasteiger partial charge in [0.05, 0.1) is 22.3 Å². The van der Waals surface area contributed by atoms with Crippen molar-refractivity contribution in [3.05, 3.63) is 203 Å². The highest BCUT2D eigenvalue weighted by atomic mass is 19.1. The molecule has 10 heteroatoms. The number of aryl methyl sites for hydroxylation is 2. The number of hydrogen-bond donors (Lipinski definition) is 0. The number of hydrogen-bond acceptors (Lipinski definition) is 8. The third kappa shape index (κ3) is 13.2. The van der Waals surface area contributed by atoms with Gasteiger partial charge in [-0.1, -0.05) is 131 Å². The fourth-order valence-electron chi connectivity index (χ4n) is 7.51. The van der Waals surface area contributed by atoms with Crippen LogP contribution in [0.5, 0.6) is 23.0 Å². The number of rotatable bonds is 20. The first-order chi connectivity index (χ1) is 33.1. The first-order valence-corrected chi connectivity index (χ1v) is 23.0. The summed E-state index contributed by atoms with van der Waals surface area (Å²) in [6, 6.07) is 42.4. The fourth-order valence-corrected chi connectivity index (χ4v) is 7.51. The van der Waals surface area contributed by atoms with E-state index >= 15 is 8.78 Å². The summed E-state index contributed by atoms with van der Waals surface area (Å²) in [6.45, 7) is 4.39. The lowest BCUT2D eigenvalue weighted by atomic mass is 10.0. The number of esters is 4. The highest BCUT2D eigenvalue weighted by Gasteiger charge is 2.19. The molecule has 8 nitrogen and oxygen atoms in total. The predicted molar refractivity (Wildman–Crippen MR) is 259 cm³/mol. The van der Waals surface area contributed by atoms with Gasteiger partial charge in [0.25, 0.3) is 0 Å². The van der Waals surface area contributed by atoms with Crippen LogP contribution in [0.15, 0.2) is 158 Å². The summed E-state index contributed by atoms with van der Waals surface area (Å²) >= 11 is 0. The second kappa shape index (κ2) is 23.6. The molecule has 7 aromatic carbocycles. The van der Waals surface area contributed by atoms with Crippen molar-refractivity contribution in [1.82, 2.24) is 0 Å². The average molecular weight is 915 g/mol. The Morgan fingerprint density at radius 3 is 1.06 bits per heavy atom. The fraction of sp³-hybridized carbons (Fsp3) is 0.207. The molecular formula is C58H52F2O8. The van der Waals surface area contributed by atoms with E-state index in [0.29, 0.717) is 0 Å². The molecule has 346 valence electrons. The van der Waals surface area contributed by atoms with E-state index in [-0.39, 0.29) is 45.3 Å². The summed E-state index contributed by atoms with van der Waals surface area (Å²) in [6.07, 6.45) is 11.7. The van der Waals surface area contributed by atoms with Crippen molar-refractivity contribution in [2.45, 2.75) is 78.1 Å². The third-order valence-corrected chi connectivity index (χ3v) is 11.4. The molecule has 0 unspecified atom stereocenters. The topological polar surface area (TPSA) is 105 Å². The predicted octanol–water partition coefficient (Wildman–Crippen LogP) is 14.4. The molecule has 68 heavy (non-hydrogen) atoms. The molecule has 0 spiro atoms. The molecule has 0 saturated carbocycles. The van der Waals surface area contributed by atoms with Gasteiger partial charge in [-0.05, 0) is 132 Å². The number of unbranched alkanes of at least 4 members (excludes halogenated alkanes) is 6. The lowest BCUT2D eigenvalue weighted by molar-refractivity contribution is 0.0716. The molecule has 0 atom stereocenters. The van der Waals surface area contributed by atoms with Gasteiger partial charge in [0.15, 0.2) is 23.1 Å². The molecule has 0 radical (unpaired) electrons. The van der Waals surface area contributed by atoms with Gasteiger partial charge in [-0.3, -0.25) is 0 Å². The minimum Gasteiger partial charge on any atom is -0.423 e. The number of carbonyl (C=O) groups excluding carboxylic acids is 4. The zero-order valence-corrected chi connectivity index (χ0v) is 38.1. The van der Waals surface area contributed by atoms with Crippen LogP contribution >= 0.6 is 0 Å². The van der Waals surface area contributed by atoms with Crippen molar-refractivity contribution in [2.24, 2.45) is 0 Å². The highest BCUT2D eigenvalue weighted by Crippen LogP contribution is 2.28. The second-order valence-electron chi connectivity index (χ2n) is 16.5. The summed E-state index contributed by atoms with van der Waals surface area (Å²) < 4.78 is 51.7. The molecule has 0 aliphatic heterocycles. The Labute approximate surface area is 395 Å². The molecule has 0 saturated heterocycles. The van der Waals surface area contributed by atoms with E-state index < -0.39 is 35.5 Å². The zero-order chi connectivity index (χ0) is 47.8. The maximum absolute atomic E-state index is 15.1. The lowest BCUT2D eigenvalue weighted by Gasteiger charge is -2.10. The molecule has 0 aromatic heterocycles. The molecule has 0 fully saturated rings. The highest BCUT2D eigenvalue weighted by molar-refractivity contribution is 5.94. The summed E-state index contributed by atoms with van der Waals surface area (Å²) in [5.74, 6) is -6.18. The molecule has 0 bridgehead atoms. The minimum absolute atomic E-state index is 0.0365. The van der Waals surface area contributed by atoms with Gasteiger partial charge in [0, 0.05) is 6.07 Å². The van der Waals surface area contributed by atoms with Crippen LogP contribution in [0.3, 0.4) is 0 Å². The molecule has 0 aliphatic carbocycles. The number of benzene rings is 7. The summed E-state index contributed by atoms with van der Waals surface area (Å²) in [5, 5.41) is 0. The Morgan fingerprint density at radius 1 is 0.368 bits per heavy atom. The van der Waals surface area contributed by atoms with Gasteiger partial charge >= 0.3 is 23.9 Å². The maximum Gasteiger partial charge on any atom is 0.343 e. The van der Waals surface area contributed by atoms with Crippen LogP contribution in [0.4, 0.5) is 8.78 Å². The largest absolute Gasteiger partial charge is 0.423 e. The Hall–Kier alpha value is -7.72. The van der Waals surface area contributed by atoms with Gasteiger partial charge < -0.3 is 18.9 Å². The standard InChI is InChI=1S/C58H52F2O8/c1-3-5-7-9-12-39-16-20-41(21-17-39)43-24-28-45(29-25-43)55(61)67-53-34-32-47(36-51(53)59)57(63)65-49-14-11-15-50(38-49)66-58(64)48-33-35-54(52(60)37-48)68-56(62)46-30-26-44(27-31-46)42-22-18-40(19-23-42)13-10-8-6-4-2/h11,14-38H,3-10,12-13H2,1-2H3. The van der Waals surface area contributed by atoms with Crippen LogP contribution in [0.1, 0.15) is 118 Å². The van der Waals surface area contributed by atoms with E-state index in [1.54, 1.807) is 48.5 Å². The smallest absolute Gasteiger partial charge is 0.343 e. The van der Waals surface area contributed by atoms with Gasteiger partial charge in [-0.25, -0.2) is 28.0 Å². The van der Waals surface area contributed by atoms with Crippen molar-refractivity contribution < 1.29 is 46.9 Å². The third-order valence-electron chi connectivity index (χ3n) is 11.4. The molecule has 7 aromatic rings. The van der Waals surface area contributed by atoms with Crippen LogP contribution < -0.4 is 18.9 Å². The van der Waals surface area contributed by atoms with Gasteiger partial charge in [-0.2, -0.15) is 0 Å². The molecule has 0 heterocycles. The van der Waals surface area contributed by atoms with Crippen LogP contribution in [0, 0.1) is 11.6 Å². The molecule has 0 aliphatic rings. The van der Waals surface area contributed by atoms with E-state index in [4.69, 9.17) is 18.9 Å². The first kappa shape index (κ1) is 48.2. The van der Waals surface area contributed by atoms with Gasteiger partial charge in [0.2, 0.25) is 0 Å². The number of halogens is 2. The Kier molecular flexibility index (Phi) is 16.8. The van der Waals surface area contributed by atoms with Crippen LogP contribution in [-0.4, -0.2) is 23.9 Å². The zero-order valence-electron chi connectivity index (χ0n) is 38.1. The van der Waals surface area contributed by atoms with Gasteiger partial charge in [0.1, 0.15) is 11.5 Å². The molecule has 0 amide bonds. The Balaban J connectivity index is 0.885. The SMILES string of the molecule is CCCCCCc1ccc(-c2ccc(C(=O)Oc3ccc(C(=O)Oc4cccc(OC(=O)c5ccc(OC(=O)c6ccc(-c7ccc(CCCCCC)cc7)cc6)c(F)c5)c4)cc3F)cc2)cc1. The summed E-state index contributed by atoms with van der Waals surface area (Å²) in [4.78, 5) is 51.8. The monoisotopic (exact) mass is 914 g/mol. The van der Waals surface area contributed by atoms with E-state index in [1.807, 2.05) is 0 Å². The summed E-state index contributed by atoms with van der Waals surface area (Å²) in [5.41, 5.74) is 6.50. The lowest BCUT2D eigenvalue weighted by Crippen LogP contribution is -2.12. The number of carbonyl (C=O) groups is 4. The molecule has 0 N–H and O–H groups in total. The van der Waals surface area contributed by atoms with Crippen molar-refractivity contribution in [3.63, 3.8) is 0 Å². The van der Waals surface area contributed by atoms with Crippen LogP contribution in [0.25, 0.3) is 22.3 Å². The van der Waals surface area contributed by atoms with Crippen LogP contribution in [-0.2, 0) is 12.8 Å². The first-order valence-electron chi connectivity index (χ1n) is 23.0. The summed E-state index contributed by atoms with van der Waals surface area (Å²) in [7, 11) is 0.